The van der Waals surface area contributed by atoms with Crippen LogP contribution in [0, 0.1) is 11.8 Å². The summed E-state index contributed by atoms with van der Waals surface area (Å²) < 4.78 is 10.3. The molecule has 3 fully saturated rings. The minimum Gasteiger partial charge on any atom is -0.469 e. The molecule has 0 aromatic rings. The van der Waals surface area contributed by atoms with Crippen LogP contribution in [0.15, 0.2) is 0 Å². The molecule has 3 saturated heterocycles. The van der Waals surface area contributed by atoms with Gasteiger partial charge in [-0.25, -0.2) is 0 Å². The molecule has 3 aliphatic heterocycles. The van der Waals surface area contributed by atoms with Crippen molar-refractivity contribution in [3.05, 3.63) is 0 Å². The first kappa shape index (κ1) is 14.7. The van der Waals surface area contributed by atoms with Gasteiger partial charge >= 0.3 is 11.9 Å². The number of carbonyl (C=O) groups is 3. The fraction of sp³-hybridized carbons (Fsp3) is 0.786. The number of hydrogen-bond acceptors (Lipinski definition) is 6. The lowest BCUT2D eigenvalue weighted by Gasteiger charge is -2.34. The average molecular weight is 313 g/mol. The van der Waals surface area contributed by atoms with Gasteiger partial charge in [-0.05, 0) is 13.8 Å². The van der Waals surface area contributed by atoms with E-state index in [1.807, 2.05) is 13.8 Å². The lowest BCUT2D eigenvalue weighted by atomic mass is 9.78. The molecular weight excluding hydrogens is 294 g/mol. The number of fused-ring (bicyclic) bond motifs is 1. The van der Waals surface area contributed by atoms with Crippen LogP contribution in [0.2, 0.25) is 0 Å². The minimum atomic E-state index is -0.512. The summed E-state index contributed by atoms with van der Waals surface area (Å²) >= 11 is 1.60. The lowest BCUT2D eigenvalue weighted by Crippen LogP contribution is -2.51. The van der Waals surface area contributed by atoms with E-state index in [0.29, 0.717) is 0 Å². The molecule has 3 heterocycles. The molecule has 0 radical (unpaired) electrons. The Bertz CT molecular complexity index is 508. The number of methoxy groups -OCH3 is 1. The van der Waals surface area contributed by atoms with Crippen molar-refractivity contribution in [2.75, 3.05) is 7.11 Å². The maximum Gasteiger partial charge on any atom is 0.310 e. The number of hydrogen-bond donors (Lipinski definition) is 0. The van der Waals surface area contributed by atoms with Crippen molar-refractivity contribution < 1.29 is 23.9 Å². The summed E-state index contributed by atoms with van der Waals surface area (Å²) in [6.07, 6.45) is -0.424. The SMILES string of the molecule is COC(=O)C1C2SC3C1C(=O)N(C(C)C)C3C2OC(C)=O. The Morgan fingerprint density at radius 3 is 2.48 bits per heavy atom. The van der Waals surface area contributed by atoms with Crippen molar-refractivity contribution in [2.45, 2.75) is 49.5 Å². The van der Waals surface area contributed by atoms with Gasteiger partial charge in [0.1, 0.15) is 6.10 Å². The maximum absolute atomic E-state index is 12.7. The van der Waals surface area contributed by atoms with E-state index < -0.39 is 12.0 Å². The molecule has 0 spiro atoms. The fourth-order valence-electron chi connectivity index (χ4n) is 3.99. The molecule has 7 heteroatoms. The zero-order chi connectivity index (χ0) is 15.5. The standard InChI is InChI=1S/C14H19NO5S/c1-5(2)15-9-10(20-6(3)16)12-8(14(18)19-4)7(13(15)17)11(9)21-12/h5,7-12H,1-4H3. The van der Waals surface area contributed by atoms with Crippen LogP contribution < -0.4 is 0 Å². The highest BCUT2D eigenvalue weighted by atomic mass is 32.2. The fourth-order valence-corrected chi connectivity index (χ4v) is 6.08. The molecule has 2 bridgehead atoms. The van der Waals surface area contributed by atoms with Gasteiger partial charge in [0, 0.05) is 18.2 Å². The number of esters is 2. The summed E-state index contributed by atoms with van der Waals surface area (Å²) in [7, 11) is 1.33. The van der Waals surface area contributed by atoms with Crippen LogP contribution in [0.4, 0.5) is 0 Å². The summed E-state index contributed by atoms with van der Waals surface area (Å²) in [6.45, 7) is 5.25. The monoisotopic (exact) mass is 313 g/mol. The highest BCUT2D eigenvalue weighted by Crippen LogP contribution is 2.60. The van der Waals surface area contributed by atoms with Gasteiger partial charge in [-0.15, -0.1) is 11.8 Å². The van der Waals surface area contributed by atoms with Crippen LogP contribution >= 0.6 is 11.8 Å². The highest BCUT2D eigenvalue weighted by Gasteiger charge is 2.71. The van der Waals surface area contributed by atoms with Gasteiger partial charge in [0.25, 0.3) is 0 Å². The van der Waals surface area contributed by atoms with Crippen LogP contribution in [-0.4, -0.2) is 58.5 Å². The van der Waals surface area contributed by atoms with Crippen molar-refractivity contribution in [3.8, 4) is 0 Å². The lowest BCUT2D eigenvalue weighted by molar-refractivity contribution is -0.156. The molecule has 6 atom stereocenters. The van der Waals surface area contributed by atoms with Crippen molar-refractivity contribution in [2.24, 2.45) is 11.8 Å². The summed E-state index contributed by atoms with van der Waals surface area (Å²) in [4.78, 5) is 38.0. The van der Waals surface area contributed by atoms with Gasteiger partial charge in [0.15, 0.2) is 0 Å². The third kappa shape index (κ3) is 1.89. The molecule has 6 nitrogen and oxygen atoms in total. The molecule has 3 rings (SSSR count). The third-order valence-electron chi connectivity index (χ3n) is 4.60. The second-order valence-corrected chi connectivity index (χ2v) is 7.40. The Labute approximate surface area is 127 Å². The predicted molar refractivity (Wildman–Crippen MR) is 75.5 cm³/mol. The van der Waals surface area contributed by atoms with Crippen LogP contribution in [0.25, 0.3) is 0 Å². The van der Waals surface area contributed by atoms with Crippen LogP contribution in [-0.2, 0) is 23.9 Å². The van der Waals surface area contributed by atoms with Crippen molar-refractivity contribution >= 4 is 29.6 Å². The van der Waals surface area contributed by atoms with E-state index in [-0.39, 0.29) is 46.3 Å². The number of rotatable bonds is 3. The number of thioether (sulfide) groups is 1. The van der Waals surface area contributed by atoms with Crippen molar-refractivity contribution in [1.82, 2.24) is 4.90 Å². The zero-order valence-corrected chi connectivity index (χ0v) is 13.3. The van der Waals surface area contributed by atoms with Crippen LogP contribution in [0.5, 0.6) is 0 Å². The zero-order valence-electron chi connectivity index (χ0n) is 12.4. The normalized spacial score (nSPS) is 40.0. The number of ether oxygens (including phenoxy) is 2. The Hall–Kier alpha value is -1.24. The third-order valence-corrected chi connectivity index (χ3v) is 6.36. The Kier molecular flexibility index (Phi) is 3.43. The van der Waals surface area contributed by atoms with Gasteiger partial charge in [0.05, 0.1) is 30.2 Å². The smallest absolute Gasteiger partial charge is 0.310 e. The second kappa shape index (κ2) is 4.90. The van der Waals surface area contributed by atoms with Gasteiger partial charge in [-0.3, -0.25) is 14.4 Å². The first-order valence-electron chi connectivity index (χ1n) is 7.11. The predicted octanol–water partition coefficient (Wildman–Crippen LogP) is 0.440. The highest BCUT2D eigenvalue weighted by molar-refractivity contribution is 8.01. The topological polar surface area (TPSA) is 72.9 Å². The van der Waals surface area contributed by atoms with E-state index in [1.54, 1.807) is 16.7 Å². The van der Waals surface area contributed by atoms with E-state index in [2.05, 4.69) is 0 Å². The van der Waals surface area contributed by atoms with Crippen molar-refractivity contribution in [1.29, 1.82) is 0 Å². The first-order chi connectivity index (χ1) is 9.88. The molecule has 0 N–H and O–H groups in total. The van der Waals surface area contributed by atoms with Gasteiger partial charge in [-0.1, -0.05) is 0 Å². The number of likely N-dealkylation sites (tertiary alicyclic amines) is 1. The molecule has 3 aliphatic rings. The van der Waals surface area contributed by atoms with Crippen molar-refractivity contribution in [3.63, 3.8) is 0 Å². The maximum atomic E-state index is 12.7. The van der Waals surface area contributed by atoms with Gasteiger partial charge in [-0.2, -0.15) is 0 Å². The van der Waals surface area contributed by atoms with Crippen LogP contribution in [0.1, 0.15) is 20.8 Å². The van der Waals surface area contributed by atoms with E-state index in [4.69, 9.17) is 9.47 Å². The quantitative estimate of drug-likeness (QED) is 0.704. The van der Waals surface area contributed by atoms with Gasteiger partial charge < -0.3 is 14.4 Å². The Morgan fingerprint density at radius 1 is 1.29 bits per heavy atom. The molecule has 0 aromatic carbocycles. The number of amides is 1. The molecule has 21 heavy (non-hydrogen) atoms. The molecule has 1 amide bonds. The molecule has 0 aliphatic carbocycles. The minimum absolute atomic E-state index is 0.0124. The van der Waals surface area contributed by atoms with E-state index in [9.17, 15) is 14.4 Å². The second-order valence-electron chi connectivity index (χ2n) is 6.04. The summed E-state index contributed by atoms with van der Waals surface area (Å²) in [5.41, 5.74) is 0. The molecule has 116 valence electrons. The molecule has 6 unspecified atom stereocenters. The molecular formula is C14H19NO5S. The number of nitrogens with zero attached hydrogens (tertiary/aromatic N) is 1. The van der Waals surface area contributed by atoms with Crippen LogP contribution in [0.3, 0.4) is 0 Å². The summed E-state index contributed by atoms with van der Waals surface area (Å²) in [5.74, 6) is -1.63. The largest absolute Gasteiger partial charge is 0.469 e. The Morgan fingerprint density at radius 2 is 1.95 bits per heavy atom. The van der Waals surface area contributed by atoms with Gasteiger partial charge in [0.2, 0.25) is 5.91 Å². The van der Waals surface area contributed by atoms with E-state index in [1.165, 1.54) is 14.0 Å². The summed E-state index contributed by atoms with van der Waals surface area (Å²) in [5, 5.41) is -0.174. The molecule has 0 saturated carbocycles. The number of carbonyl (C=O) groups excluding carboxylic acids is 3. The Balaban J connectivity index is 2.00. The summed E-state index contributed by atoms with van der Waals surface area (Å²) in [6, 6.07) is -0.105. The van der Waals surface area contributed by atoms with E-state index in [0.717, 1.165) is 0 Å². The first-order valence-corrected chi connectivity index (χ1v) is 8.05. The van der Waals surface area contributed by atoms with E-state index >= 15 is 0 Å². The molecule has 0 aromatic heterocycles. The average Bonchev–Trinajstić information content (AvgIpc) is 2.99.